The summed E-state index contributed by atoms with van der Waals surface area (Å²) < 4.78 is 9.89. The second-order valence-electron chi connectivity index (χ2n) is 3.99. The van der Waals surface area contributed by atoms with Crippen LogP contribution in [0.25, 0.3) is 0 Å². The second-order valence-corrected chi connectivity index (χ2v) is 3.99. The van der Waals surface area contributed by atoms with Crippen LogP contribution in [0.5, 0.6) is 0 Å². The van der Waals surface area contributed by atoms with Gasteiger partial charge in [0.25, 0.3) is 5.91 Å². The molecular weight excluding hydrogens is 274 g/mol. The molecule has 21 heavy (non-hydrogen) atoms. The first-order chi connectivity index (χ1) is 10.2. The van der Waals surface area contributed by atoms with Crippen LogP contribution in [0.2, 0.25) is 0 Å². The Labute approximate surface area is 125 Å². The summed E-state index contributed by atoms with van der Waals surface area (Å²) in [7, 11) is 0. The molecule has 7 nitrogen and oxygen atoms in total. The number of ether oxygens (including phenoxy) is 2. The van der Waals surface area contributed by atoms with Crippen molar-refractivity contribution >= 4 is 11.9 Å². The van der Waals surface area contributed by atoms with Crippen molar-refractivity contribution in [3.8, 4) is 6.07 Å². The minimum Gasteiger partial charge on any atom is -0.466 e. The van der Waals surface area contributed by atoms with Crippen molar-refractivity contribution in [2.75, 3.05) is 32.9 Å². The van der Waals surface area contributed by atoms with E-state index in [1.165, 1.54) is 6.20 Å². The van der Waals surface area contributed by atoms with E-state index in [0.29, 0.717) is 39.3 Å². The third kappa shape index (κ3) is 10.4. The molecule has 118 valence electrons. The van der Waals surface area contributed by atoms with Gasteiger partial charge in [0.15, 0.2) is 0 Å². The van der Waals surface area contributed by atoms with Crippen LogP contribution < -0.4 is 10.6 Å². The molecule has 0 saturated heterocycles. The molecule has 7 heteroatoms. The molecular formula is C14H23N3O4. The van der Waals surface area contributed by atoms with E-state index in [2.05, 4.69) is 10.6 Å². The van der Waals surface area contributed by atoms with Crippen molar-refractivity contribution in [1.29, 1.82) is 5.26 Å². The molecule has 0 rings (SSSR count). The molecule has 0 fully saturated rings. The lowest BCUT2D eigenvalue weighted by Gasteiger charge is -2.05. The van der Waals surface area contributed by atoms with Gasteiger partial charge in [0, 0.05) is 32.5 Å². The zero-order chi connectivity index (χ0) is 15.9. The normalized spacial score (nSPS) is 10.6. The molecule has 0 aliphatic rings. The van der Waals surface area contributed by atoms with E-state index in [1.54, 1.807) is 13.0 Å². The minimum atomic E-state index is -0.447. The maximum Gasteiger partial charge on any atom is 0.307 e. The van der Waals surface area contributed by atoms with Gasteiger partial charge >= 0.3 is 5.97 Å². The van der Waals surface area contributed by atoms with E-state index in [0.717, 1.165) is 0 Å². The zero-order valence-electron chi connectivity index (χ0n) is 12.6. The Morgan fingerprint density at radius 1 is 1.24 bits per heavy atom. The topological polar surface area (TPSA) is 100 Å². The summed E-state index contributed by atoms with van der Waals surface area (Å²) in [4.78, 5) is 22.7. The van der Waals surface area contributed by atoms with Gasteiger partial charge in [0.05, 0.1) is 13.0 Å². The number of hydrogen-bond acceptors (Lipinski definition) is 6. The Kier molecular flexibility index (Phi) is 11.7. The molecule has 0 bridgehead atoms. The largest absolute Gasteiger partial charge is 0.466 e. The smallest absolute Gasteiger partial charge is 0.307 e. The highest BCUT2D eigenvalue weighted by atomic mass is 16.5. The van der Waals surface area contributed by atoms with Gasteiger partial charge in [-0.3, -0.25) is 9.59 Å². The van der Waals surface area contributed by atoms with Crippen LogP contribution in [-0.2, 0) is 19.1 Å². The number of esters is 1. The third-order valence-electron chi connectivity index (χ3n) is 2.35. The second kappa shape index (κ2) is 12.9. The Balaban J connectivity index is 3.95. The first-order valence-electron chi connectivity index (χ1n) is 7.00. The molecule has 0 aliphatic heterocycles. The van der Waals surface area contributed by atoms with E-state index < -0.39 is 5.91 Å². The van der Waals surface area contributed by atoms with E-state index in [9.17, 15) is 9.59 Å². The first kappa shape index (κ1) is 18.9. The zero-order valence-corrected chi connectivity index (χ0v) is 12.6. The monoisotopic (exact) mass is 297 g/mol. The summed E-state index contributed by atoms with van der Waals surface area (Å²) in [6.45, 7) is 5.93. The van der Waals surface area contributed by atoms with Crippen molar-refractivity contribution < 1.29 is 19.1 Å². The molecule has 0 heterocycles. The maximum absolute atomic E-state index is 11.7. The lowest BCUT2D eigenvalue weighted by Crippen LogP contribution is -2.27. The fraction of sp³-hybridized carbons (Fsp3) is 0.643. The Bertz CT molecular complexity index is 388. The van der Waals surface area contributed by atoms with Gasteiger partial charge in [-0.05, 0) is 20.3 Å². The van der Waals surface area contributed by atoms with Gasteiger partial charge in [0.1, 0.15) is 11.6 Å². The molecule has 0 unspecified atom stereocenters. The first-order valence-corrected chi connectivity index (χ1v) is 7.00. The van der Waals surface area contributed by atoms with Gasteiger partial charge in [-0.15, -0.1) is 0 Å². The highest BCUT2D eigenvalue weighted by molar-refractivity contribution is 5.97. The summed E-state index contributed by atoms with van der Waals surface area (Å²) in [5.41, 5.74) is -0.0322. The highest BCUT2D eigenvalue weighted by Gasteiger charge is 2.07. The van der Waals surface area contributed by atoms with Crippen LogP contribution in [0, 0.1) is 11.3 Å². The number of nitriles is 1. The lowest BCUT2D eigenvalue weighted by molar-refractivity contribution is -0.142. The molecule has 1 amide bonds. The lowest BCUT2D eigenvalue weighted by atomic mass is 10.3. The van der Waals surface area contributed by atoms with Crippen LogP contribution >= 0.6 is 0 Å². The number of carbonyl (C=O) groups excluding carboxylic acids is 2. The van der Waals surface area contributed by atoms with Crippen LogP contribution in [0.3, 0.4) is 0 Å². The maximum atomic E-state index is 11.7. The number of hydrogen-bond donors (Lipinski definition) is 2. The summed E-state index contributed by atoms with van der Waals surface area (Å²) >= 11 is 0. The quantitative estimate of drug-likeness (QED) is 0.249. The van der Waals surface area contributed by atoms with Crippen molar-refractivity contribution in [2.24, 2.45) is 0 Å². The van der Waals surface area contributed by atoms with E-state index in [4.69, 9.17) is 14.7 Å². The fourth-order valence-corrected chi connectivity index (χ4v) is 1.35. The number of rotatable bonds is 11. The Hall–Kier alpha value is -2.07. The van der Waals surface area contributed by atoms with Gasteiger partial charge in [-0.1, -0.05) is 0 Å². The van der Waals surface area contributed by atoms with Crippen molar-refractivity contribution in [1.82, 2.24) is 10.6 Å². The SMILES string of the molecule is CCOCCCNC(=O)/C(C#N)=C\NCCC(=O)OCC. The summed E-state index contributed by atoms with van der Waals surface area (Å²) in [5, 5.41) is 14.3. The Morgan fingerprint density at radius 2 is 2.00 bits per heavy atom. The average Bonchev–Trinajstić information content (AvgIpc) is 2.47. The minimum absolute atomic E-state index is 0.0322. The summed E-state index contributed by atoms with van der Waals surface area (Å²) in [6.07, 6.45) is 2.17. The van der Waals surface area contributed by atoms with E-state index in [1.807, 2.05) is 6.92 Å². The van der Waals surface area contributed by atoms with Crippen LogP contribution in [0.1, 0.15) is 26.7 Å². The number of amides is 1. The van der Waals surface area contributed by atoms with Crippen molar-refractivity contribution in [2.45, 2.75) is 26.7 Å². The molecule has 0 aromatic carbocycles. The predicted octanol–water partition coefficient (Wildman–Crippen LogP) is 0.479. The molecule has 0 aromatic rings. The number of carbonyl (C=O) groups is 2. The van der Waals surface area contributed by atoms with Crippen LogP contribution in [0.15, 0.2) is 11.8 Å². The molecule has 0 aliphatic carbocycles. The molecule has 2 N–H and O–H groups in total. The highest BCUT2D eigenvalue weighted by Crippen LogP contribution is 1.92. The summed E-state index contributed by atoms with van der Waals surface area (Å²) in [6, 6.07) is 1.81. The standard InChI is InChI=1S/C14H23N3O4/c1-3-20-9-5-7-17-14(19)12(10-15)11-16-8-6-13(18)21-4-2/h11,16H,3-9H2,1-2H3,(H,17,19)/b12-11-. The van der Waals surface area contributed by atoms with Crippen LogP contribution in [0.4, 0.5) is 0 Å². The third-order valence-corrected chi connectivity index (χ3v) is 2.35. The number of nitrogens with one attached hydrogen (secondary N) is 2. The van der Waals surface area contributed by atoms with Gasteiger partial charge in [0.2, 0.25) is 0 Å². The van der Waals surface area contributed by atoms with Gasteiger partial charge < -0.3 is 20.1 Å². The van der Waals surface area contributed by atoms with Crippen molar-refractivity contribution in [3.63, 3.8) is 0 Å². The number of nitrogens with zero attached hydrogens (tertiary/aromatic N) is 1. The van der Waals surface area contributed by atoms with Crippen molar-refractivity contribution in [3.05, 3.63) is 11.8 Å². The summed E-state index contributed by atoms with van der Waals surface area (Å²) in [5.74, 6) is -0.769. The average molecular weight is 297 g/mol. The Morgan fingerprint density at radius 3 is 2.62 bits per heavy atom. The van der Waals surface area contributed by atoms with Gasteiger partial charge in [-0.2, -0.15) is 5.26 Å². The molecule has 0 radical (unpaired) electrons. The molecule has 0 saturated carbocycles. The molecule has 0 atom stereocenters. The fourth-order valence-electron chi connectivity index (χ4n) is 1.35. The van der Waals surface area contributed by atoms with Gasteiger partial charge in [-0.25, -0.2) is 0 Å². The van der Waals surface area contributed by atoms with E-state index in [-0.39, 0.29) is 18.0 Å². The predicted molar refractivity (Wildman–Crippen MR) is 77.1 cm³/mol. The van der Waals surface area contributed by atoms with Crippen LogP contribution in [-0.4, -0.2) is 44.8 Å². The molecule has 0 spiro atoms. The molecule has 0 aromatic heterocycles. The van der Waals surface area contributed by atoms with E-state index >= 15 is 0 Å².